The van der Waals surface area contributed by atoms with E-state index < -0.39 is 9.84 Å². The number of nitrogen functional groups attached to an aromatic ring is 1. The molecule has 0 atom stereocenters. The Morgan fingerprint density at radius 2 is 1.70 bits per heavy atom. The van der Waals surface area contributed by atoms with Crippen LogP contribution in [0.4, 0.5) is 5.82 Å². The van der Waals surface area contributed by atoms with Crippen LogP contribution in [0.5, 0.6) is 0 Å². The molecule has 33 heavy (non-hydrogen) atoms. The van der Waals surface area contributed by atoms with Crippen molar-refractivity contribution in [3.63, 3.8) is 0 Å². The molecule has 9 heteroatoms. The van der Waals surface area contributed by atoms with Gasteiger partial charge in [-0.2, -0.15) is 9.78 Å². The molecule has 2 heterocycles. The van der Waals surface area contributed by atoms with Crippen LogP contribution in [0, 0.1) is 6.92 Å². The minimum Gasteiger partial charge on any atom is -0.382 e. The number of aromatic nitrogens is 3. The van der Waals surface area contributed by atoms with Gasteiger partial charge in [0.05, 0.1) is 22.1 Å². The Morgan fingerprint density at radius 1 is 0.970 bits per heavy atom. The zero-order valence-corrected chi connectivity index (χ0v) is 19.0. The van der Waals surface area contributed by atoms with E-state index in [1.54, 1.807) is 30.5 Å². The molecule has 0 aliphatic carbocycles. The zero-order valence-electron chi connectivity index (χ0n) is 17.5. The lowest BCUT2D eigenvalue weighted by Gasteiger charge is -2.05. The first-order valence-corrected chi connectivity index (χ1v) is 11.9. The first kappa shape index (κ1) is 21.1. The van der Waals surface area contributed by atoms with Crippen LogP contribution in [0.2, 0.25) is 5.02 Å². The lowest BCUT2D eigenvalue weighted by Crippen LogP contribution is -2.06. The summed E-state index contributed by atoms with van der Waals surface area (Å²) in [4.78, 5) is 9.08. The van der Waals surface area contributed by atoms with Gasteiger partial charge in [-0.15, -0.1) is 0 Å². The van der Waals surface area contributed by atoms with Crippen LogP contribution in [-0.2, 0) is 9.84 Å². The standard InChI is InChI=1S/C24H18ClN5O2S/c1-15-6-4-7-16(12-15)14-27-30-23(26)22(33(31,32)18-9-5-8-17(25)13-18)21-24(30)29-20-11-3-2-10-19(20)28-21/h2-14H,26H2,1H3/b27-14+. The van der Waals surface area contributed by atoms with Gasteiger partial charge in [0, 0.05) is 5.02 Å². The number of fused-ring (bicyclic) bond motifs is 2. The number of sulfone groups is 1. The maximum absolute atomic E-state index is 13.6. The molecule has 0 fully saturated rings. The summed E-state index contributed by atoms with van der Waals surface area (Å²) in [5.41, 5.74) is 9.84. The molecule has 5 aromatic rings. The van der Waals surface area contributed by atoms with Gasteiger partial charge in [0.1, 0.15) is 16.2 Å². The molecule has 0 aliphatic rings. The van der Waals surface area contributed by atoms with Crippen molar-refractivity contribution in [3.8, 4) is 0 Å². The van der Waals surface area contributed by atoms with Crippen molar-refractivity contribution in [1.29, 1.82) is 0 Å². The smallest absolute Gasteiger partial charge is 0.212 e. The normalized spacial score (nSPS) is 12.2. The van der Waals surface area contributed by atoms with Crippen molar-refractivity contribution in [1.82, 2.24) is 14.6 Å². The minimum absolute atomic E-state index is 0.0124. The first-order chi connectivity index (χ1) is 15.8. The summed E-state index contributed by atoms with van der Waals surface area (Å²) in [7, 11) is -4.06. The van der Waals surface area contributed by atoms with E-state index in [2.05, 4.69) is 15.1 Å². The Hall–Kier alpha value is -3.75. The van der Waals surface area contributed by atoms with E-state index >= 15 is 0 Å². The third kappa shape index (κ3) is 3.73. The average molecular weight is 476 g/mol. The highest BCUT2D eigenvalue weighted by Gasteiger charge is 2.30. The summed E-state index contributed by atoms with van der Waals surface area (Å²) in [6.45, 7) is 1.98. The van der Waals surface area contributed by atoms with Gasteiger partial charge in [-0.1, -0.05) is 59.6 Å². The average Bonchev–Trinajstić information content (AvgIpc) is 3.07. The number of anilines is 1. The molecular weight excluding hydrogens is 458 g/mol. The molecule has 5 rings (SSSR count). The molecule has 164 valence electrons. The quantitative estimate of drug-likeness (QED) is 0.374. The Balaban J connectivity index is 1.81. The van der Waals surface area contributed by atoms with Gasteiger partial charge in [0.2, 0.25) is 9.84 Å². The maximum atomic E-state index is 13.6. The molecule has 2 aromatic heterocycles. The zero-order chi connectivity index (χ0) is 23.2. The van der Waals surface area contributed by atoms with Gasteiger partial charge in [-0.3, -0.25) is 0 Å². The van der Waals surface area contributed by atoms with E-state index in [1.807, 2.05) is 43.3 Å². The number of nitrogens with zero attached hydrogens (tertiary/aromatic N) is 4. The van der Waals surface area contributed by atoms with Crippen LogP contribution < -0.4 is 5.73 Å². The van der Waals surface area contributed by atoms with Crippen LogP contribution >= 0.6 is 11.6 Å². The Kier molecular flexibility index (Phi) is 5.11. The number of aryl methyl sites for hydroxylation is 1. The number of halogens is 1. The van der Waals surface area contributed by atoms with Gasteiger partial charge >= 0.3 is 0 Å². The van der Waals surface area contributed by atoms with Gasteiger partial charge < -0.3 is 5.73 Å². The van der Waals surface area contributed by atoms with E-state index in [-0.39, 0.29) is 26.8 Å². The van der Waals surface area contributed by atoms with Crippen LogP contribution in [0.3, 0.4) is 0 Å². The summed E-state index contributed by atoms with van der Waals surface area (Å²) in [6.07, 6.45) is 1.61. The summed E-state index contributed by atoms with van der Waals surface area (Å²) >= 11 is 6.06. The van der Waals surface area contributed by atoms with Crippen molar-refractivity contribution in [2.75, 3.05) is 5.73 Å². The van der Waals surface area contributed by atoms with Gasteiger partial charge in [-0.05, 0) is 42.8 Å². The van der Waals surface area contributed by atoms with E-state index in [0.717, 1.165) is 11.1 Å². The summed E-state index contributed by atoms with van der Waals surface area (Å²) in [6, 6.07) is 21.0. The molecule has 0 unspecified atom stereocenters. The van der Waals surface area contributed by atoms with E-state index in [4.69, 9.17) is 17.3 Å². The van der Waals surface area contributed by atoms with Crippen LogP contribution in [-0.4, -0.2) is 29.3 Å². The molecule has 0 spiro atoms. The Morgan fingerprint density at radius 3 is 2.42 bits per heavy atom. The highest BCUT2D eigenvalue weighted by atomic mass is 35.5. The summed E-state index contributed by atoms with van der Waals surface area (Å²) < 4.78 is 28.5. The molecule has 2 N–H and O–H groups in total. The second-order valence-corrected chi connectivity index (χ2v) is 9.85. The van der Waals surface area contributed by atoms with Crippen molar-refractivity contribution >= 4 is 55.7 Å². The van der Waals surface area contributed by atoms with Gasteiger partial charge in [0.25, 0.3) is 0 Å². The Labute approximate surface area is 195 Å². The number of hydrogen-bond donors (Lipinski definition) is 1. The lowest BCUT2D eigenvalue weighted by molar-refractivity contribution is 0.597. The maximum Gasteiger partial charge on any atom is 0.212 e. The van der Waals surface area contributed by atoms with Crippen molar-refractivity contribution in [3.05, 3.63) is 88.9 Å². The molecule has 3 aromatic carbocycles. The molecule has 7 nitrogen and oxygen atoms in total. The van der Waals surface area contributed by atoms with E-state index in [9.17, 15) is 8.42 Å². The number of para-hydroxylation sites is 2. The third-order valence-electron chi connectivity index (χ3n) is 5.17. The topological polar surface area (TPSA) is 103 Å². The van der Waals surface area contributed by atoms with Crippen molar-refractivity contribution < 1.29 is 8.42 Å². The highest BCUT2D eigenvalue weighted by molar-refractivity contribution is 7.92. The fourth-order valence-corrected chi connectivity index (χ4v) is 5.41. The van der Waals surface area contributed by atoms with Gasteiger partial charge in [0.15, 0.2) is 5.65 Å². The minimum atomic E-state index is -4.06. The van der Waals surface area contributed by atoms with Crippen LogP contribution in [0.15, 0.2) is 87.7 Å². The second kappa shape index (κ2) is 7.99. The molecule has 0 aliphatic heterocycles. The number of nitrogens with two attached hydrogens (primary N) is 1. The highest BCUT2D eigenvalue weighted by Crippen LogP contribution is 2.35. The number of rotatable bonds is 4. The van der Waals surface area contributed by atoms with Gasteiger partial charge in [-0.25, -0.2) is 18.4 Å². The summed E-state index contributed by atoms with van der Waals surface area (Å²) in [5.74, 6) is -0.0795. The van der Waals surface area contributed by atoms with Crippen molar-refractivity contribution in [2.45, 2.75) is 16.7 Å². The summed E-state index contributed by atoms with van der Waals surface area (Å²) in [5, 5.41) is 4.77. The number of hydrogen-bond acceptors (Lipinski definition) is 6. The predicted molar refractivity (Wildman–Crippen MR) is 131 cm³/mol. The molecule has 0 amide bonds. The molecule has 0 bridgehead atoms. The monoisotopic (exact) mass is 475 g/mol. The van der Waals surface area contributed by atoms with Crippen LogP contribution in [0.1, 0.15) is 11.1 Å². The fraction of sp³-hybridized carbons (Fsp3) is 0.0417. The van der Waals surface area contributed by atoms with E-state index in [0.29, 0.717) is 16.1 Å². The predicted octanol–water partition coefficient (Wildman–Crippen LogP) is 4.84. The van der Waals surface area contributed by atoms with Crippen molar-refractivity contribution in [2.24, 2.45) is 5.10 Å². The van der Waals surface area contributed by atoms with E-state index in [1.165, 1.54) is 16.8 Å². The third-order valence-corrected chi connectivity index (χ3v) is 7.22. The molecule has 0 radical (unpaired) electrons. The molecular formula is C24H18ClN5O2S. The fourth-order valence-electron chi connectivity index (χ4n) is 3.63. The number of benzene rings is 3. The Bertz CT molecular complexity index is 1680. The molecule has 0 saturated carbocycles. The van der Waals surface area contributed by atoms with Crippen LogP contribution in [0.25, 0.3) is 22.2 Å². The second-order valence-electron chi connectivity index (χ2n) is 7.53. The lowest BCUT2D eigenvalue weighted by atomic mass is 10.2. The molecule has 0 saturated heterocycles. The largest absolute Gasteiger partial charge is 0.382 e. The first-order valence-electron chi connectivity index (χ1n) is 10.0. The SMILES string of the molecule is Cc1cccc(/C=N/n2c(N)c(S(=O)(=O)c3cccc(Cl)c3)c3nc4ccccc4nc32)c1.